The van der Waals surface area contributed by atoms with Gasteiger partial charge in [0.05, 0.1) is 0 Å². The van der Waals surface area contributed by atoms with Crippen LogP contribution in [-0.4, -0.2) is 6.54 Å². The molecule has 0 fully saturated rings. The van der Waals surface area contributed by atoms with Gasteiger partial charge in [0.15, 0.2) is 0 Å². The molecule has 0 spiro atoms. The van der Waals surface area contributed by atoms with Gasteiger partial charge in [0.25, 0.3) is 0 Å². The van der Waals surface area contributed by atoms with Crippen molar-refractivity contribution < 1.29 is 4.11 Å². The lowest BCUT2D eigenvalue weighted by Crippen LogP contribution is -2.15. The molecule has 0 saturated heterocycles. The first kappa shape index (κ1) is 14.4. The molecule has 3 heteroatoms. The van der Waals surface area contributed by atoms with Crippen molar-refractivity contribution in [2.24, 2.45) is 0 Å². The Morgan fingerprint density at radius 1 is 1.00 bits per heavy atom. The SMILES string of the molecule is [2H]C([2H])([2H])c1cc(Cl)cc(Cl)c1CNCCCCCCCCCC. The minimum absolute atomic E-state index is 0.239. The highest BCUT2D eigenvalue weighted by molar-refractivity contribution is 6.35. The van der Waals surface area contributed by atoms with Crippen LogP contribution in [0.3, 0.4) is 0 Å². The molecule has 1 N–H and O–H groups in total. The fraction of sp³-hybridized carbons (Fsp3) is 0.667. The van der Waals surface area contributed by atoms with Gasteiger partial charge < -0.3 is 5.32 Å². The summed E-state index contributed by atoms with van der Waals surface area (Å²) < 4.78 is 22.9. The van der Waals surface area contributed by atoms with E-state index in [0.717, 1.165) is 13.0 Å². The van der Waals surface area contributed by atoms with E-state index in [-0.39, 0.29) is 5.56 Å². The summed E-state index contributed by atoms with van der Waals surface area (Å²) in [5.74, 6) is 0. The summed E-state index contributed by atoms with van der Waals surface area (Å²) in [4.78, 5) is 0. The molecule has 1 rings (SSSR count). The standard InChI is InChI=1S/C18H29Cl2N/c1-3-4-5-6-7-8-9-10-11-21-14-17-15(2)12-16(19)13-18(17)20/h12-13,21H,3-11,14H2,1-2H3/i2D3. The monoisotopic (exact) mass is 332 g/mol. The summed E-state index contributed by atoms with van der Waals surface area (Å²) in [7, 11) is 0. The molecule has 1 nitrogen and oxygen atoms in total. The summed E-state index contributed by atoms with van der Waals surface area (Å²) in [6, 6.07) is 3.10. The Morgan fingerprint density at radius 3 is 2.33 bits per heavy atom. The number of rotatable bonds is 11. The van der Waals surface area contributed by atoms with Gasteiger partial charge in [0, 0.05) is 20.7 Å². The second kappa shape index (κ2) is 11.3. The lowest BCUT2D eigenvalue weighted by molar-refractivity contribution is 0.555. The maximum absolute atomic E-state index is 7.64. The van der Waals surface area contributed by atoms with Crippen LogP contribution in [0.5, 0.6) is 0 Å². The van der Waals surface area contributed by atoms with Gasteiger partial charge in [-0.05, 0) is 43.1 Å². The Labute approximate surface area is 144 Å². The van der Waals surface area contributed by atoms with Crippen LogP contribution in [0.4, 0.5) is 0 Å². The van der Waals surface area contributed by atoms with Gasteiger partial charge in [-0.1, -0.05) is 75.1 Å². The molecule has 21 heavy (non-hydrogen) atoms. The van der Waals surface area contributed by atoms with Crippen molar-refractivity contribution in [3.63, 3.8) is 0 Å². The molecule has 1 aromatic rings. The van der Waals surface area contributed by atoms with Crippen LogP contribution < -0.4 is 5.32 Å². The second-order valence-electron chi connectivity index (χ2n) is 5.57. The number of nitrogens with one attached hydrogen (secondary N) is 1. The van der Waals surface area contributed by atoms with Crippen molar-refractivity contribution in [1.29, 1.82) is 0 Å². The Bertz CT molecular complexity index is 490. The Kier molecular flexibility index (Phi) is 7.76. The molecule has 0 aliphatic rings. The average Bonchev–Trinajstić information content (AvgIpc) is 2.49. The normalized spacial score (nSPS) is 13.8. The van der Waals surface area contributed by atoms with Crippen molar-refractivity contribution in [2.45, 2.75) is 71.7 Å². The second-order valence-corrected chi connectivity index (χ2v) is 6.41. The molecule has 0 aromatic heterocycles. The summed E-state index contributed by atoms with van der Waals surface area (Å²) in [6.07, 6.45) is 10.2. The molecule has 0 saturated carbocycles. The highest BCUT2D eigenvalue weighted by Gasteiger charge is 2.05. The van der Waals surface area contributed by atoms with Gasteiger partial charge in [0.1, 0.15) is 0 Å². The lowest BCUT2D eigenvalue weighted by atomic mass is 10.1. The van der Waals surface area contributed by atoms with Crippen LogP contribution in [0.1, 0.15) is 73.5 Å². The zero-order valence-electron chi connectivity index (χ0n) is 16.0. The third-order valence-electron chi connectivity index (χ3n) is 3.67. The third-order valence-corrected chi connectivity index (χ3v) is 4.22. The van der Waals surface area contributed by atoms with Gasteiger partial charge in [-0.2, -0.15) is 0 Å². The molecule has 1 aromatic carbocycles. The van der Waals surface area contributed by atoms with Gasteiger partial charge in [-0.3, -0.25) is 0 Å². The van der Waals surface area contributed by atoms with E-state index in [1.54, 1.807) is 6.07 Å². The van der Waals surface area contributed by atoms with E-state index >= 15 is 0 Å². The first-order valence-corrected chi connectivity index (χ1v) is 8.81. The molecule has 0 atom stereocenters. The Hall–Kier alpha value is -0.240. The van der Waals surface area contributed by atoms with Crippen molar-refractivity contribution in [2.75, 3.05) is 6.54 Å². The maximum atomic E-state index is 7.64. The molecule has 0 aliphatic carbocycles. The van der Waals surface area contributed by atoms with E-state index in [9.17, 15) is 0 Å². The number of halogens is 2. The molecule has 0 bridgehead atoms. The average molecular weight is 333 g/mol. The quantitative estimate of drug-likeness (QED) is 0.454. The summed E-state index contributed by atoms with van der Waals surface area (Å²) >= 11 is 12.1. The minimum Gasteiger partial charge on any atom is -0.313 e. The smallest absolute Gasteiger partial charge is 0.0468 e. The van der Waals surface area contributed by atoms with E-state index in [2.05, 4.69) is 12.2 Å². The van der Waals surface area contributed by atoms with Crippen LogP contribution in [0.2, 0.25) is 10.0 Å². The highest BCUT2D eigenvalue weighted by Crippen LogP contribution is 2.24. The number of unbranched alkanes of at least 4 members (excludes halogenated alkanes) is 7. The number of hydrogen-bond donors (Lipinski definition) is 1. The van der Waals surface area contributed by atoms with Crippen LogP contribution in [-0.2, 0) is 6.54 Å². The van der Waals surface area contributed by atoms with Crippen molar-refractivity contribution in [3.8, 4) is 0 Å². The van der Waals surface area contributed by atoms with Gasteiger partial charge in [-0.15, -0.1) is 0 Å². The van der Waals surface area contributed by atoms with Crippen LogP contribution >= 0.6 is 23.2 Å². The van der Waals surface area contributed by atoms with Gasteiger partial charge in [0.2, 0.25) is 0 Å². The predicted molar refractivity (Wildman–Crippen MR) is 95.5 cm³/mol. The van der Waals surface area contributed by atoms with Crippen LogP contribution in [0.15, 0.2) is 12.1 Å². The molecule has 0 amide bonds. The predicted octanol–water partition coefficient (Wildman–Crippen LogP) is 6.53. The van der Waals surface area contributed by atoms with E-state index < -0.39 is 6.85 Å². The number of hydrogen-bond acceptors (Lipinski definition) is 1. The zero-order valence-corrected chi connectivity index (χ0v) is 14.5. The van der Waals surface area contributed by atoms with Gasteiger partial charge in [-0.25, -0.2) is 0 Å². The van der Waals surface area contributed by atoms with E-state index in [1.165, 1.54) is 51.0 Å². The van der Waals surface area contributed by atoms with Crippen LogP contribution in [0.25, 0.3) is 0 Å². The van der Waals surface area contributed by atoms with Crippen LogP contribution in [0, 0.1) is 6.85 Å². The molecular formula is C18H29Cl2N. The zero-order chi connectivity index (χ0) is 18.0. The summed E-state index contributed by atoms with van der Waals surface area (Å²) in [5, 5.41) is 4.08. The Morgan fingerprint density at radius 2 is 1.67 bits per heavy atom. The van der Waals surface area contributed by atoms with Gasteiger partial charge >= 0.3 is 0 Å². The minimum atomic E-state index is -2.20. The molecule has 0 radical (unpaired) electrons. The third kappa shape index (κ3) is 8.09. The first-order valence-electron chi connectivity index (χ1n) is 9.55. The number of benzene rings is 1. The van der Waals surface area contributed by atoms with E-state index in [0.29, 0.717) is 22.2 Å². The largest absolute Gasteiger partial charge is 0.313 e. The molecule has 0 unspecified atom stereocenters. The van der Waals surface area contributed by atoms with Crippen molar-refractivity contribution in [3.05, 3.63) is 33.3 Å². The fourth-order valence-corrected chi connectivity index (χ4v) is 2.94. The topological polar surface area (TPSA) is 12.0 Å². The summed E-state index contributed by atoms with van der Waals surface area (Å²) in [6.45, 7) is 1.36. The first-order chi connectivity index (χ1) is 11.4. The lowest BCUT2D eigenvalue weighted by Gasteiger charge is -2.10. The molecule has 120 valence electrons. The molecular weight excluding hydrogens is 301 g/mol. The number of aryl methyl sites for hydroxylation is 1. The van der Waals surface area contributed by atoms with E-state index in [4.69, 9.17) is 27.3 Å². The van der Waals surface area contributed by atoms with Crippen molar-refractivity contribution in [1.82, 2.24) is 5.32 Å². The molecule has 0 aliphatic heterocycles. The molecule has 0 heterocycles. The maximum Gasteiger partial charge on any atom is 0.0468 e. The highest BCUT2D eigenvalue weighted by atomic mass is 35.5. The van der Waals surface area contributed by atoms with Crippen molar-refractivity contribution >= 4 is 23.2 Å². The van der Waals surface area contributed by atoms with E-state index in [1.807, 2.05) is 0 Å². The summed E-state index contributed by atoms with van der Waals surface area (Å²) in [5.41, 5.74) is 0.865. The fourth-order valence-electron chi connectivity index (χ4n) is 2.38. The Balaban J connectivity index is 2.33.